The SMILES string of the molecule is Cc1[nH]c2ccccc2c1CCNCCCO. The molecule has 3 heteroatoms. The van der Waals surface area contributed by atoms with Crippen molar-refractivity contribution in [2.24, 2.45) is 0 Å². The minimum atomic E-state index is 0.263. The van der Waals surface area contributed by atoms with Gasteiger partial charge in [-0.1, -0.05) is 18.2 Å². The third-order valence-corrected chi connectivity index (χ3v) is 3.09. The fourth-order valence-corrected chi connectivity index (χ4v) is 2.20. The minimum Gasteiger partial charge on any atom is -0.396 e. The molecule has 17 heavy (non-hydrogen) atoms. The molecule has 0 aliphatic heterocycles. The minimum absolute atomic E-state index is 0.263. The van der Waals surface area contributed by atoms with Crippen LogP contribution in [0.25, 0.3) is 10.9 Å². The molecular formula is C14H20N2O. The Morgan fingerprint density at radius 2 is 2.06 bits per heavy atom. The molecule has 0 saturated heterocycles. The van der Waals surface area contributed by atoms with E-state index in [4.69, 9.17) is 5.11 Å². The number of H-pyrrole nitrogens is 1. The van der Waals surface area contributed by atoms with Gasteiger partial charge in [-0.05, 0) is 44.5 Å². The highest BCUT2D eigenvalue weighted by Gasteiger charge is 2.06. The summed E-state index contributed by atoms with van der Waals surface area (Å²) in [6, 6.07) is 8.42. The summed E-state index contributed by atoms with van der Waals surface area (Å²) < 4.78 is 0. The van der Waals surface area contributed by atoms with Crippen molar-refractivity contribution in [3.05, 3.63) is 35.5 Å². The molecule has 0 amide bonds. The van der Waals surface area contributed by atoms with Crippen molar-refractivity contribution in [2.75, 3.05) is 19.7 Å². The first-order valence-electron chi connectivity index (χ1n) is 6.20. The molecule has 0 unspecified atom stereocenters. The zero-order valence-corrected chi connectivity index (χ0v) is 10.3. The van der Waals surface area contributed by atoms with E-state index in [-0.39, 0.29) is 6.61 Å². The first-order valence-corrected chi connectivity index (χ1v) is 6.20. The van der Waals surface area contributed by atoms with Crippen LogP contribution in [-0.4, -0.2) is 29.8 Å². The van der Waals surface area contributed by atoms with Gasteiger partial charge >= 0.3 is 0 Å². The average Bonchev–Trinajstić information content (AvgIpc) is 2.65. The molecule has 0 saturated carbocycles. The van der Waals surface area contributed by atoms with Gasteiger partial charge in [0.25, 0.3) is 0 Å². The summed E-state index contributed by atoms with van der Waals surface area (Å²) in [7, 11) is 0. The van der Waals surface area contributed by atoms with Crippen molar-refractivity contribution in [1.29, 1.82) is 0 Å². The van der Waals surface area contributed by atoms with Gasteiger partial charge in [0.2, 0.25) is 0 Å². The Labute approximate surface area is 102 Å². The second kappa shape index (κ2) is 5.84. The summed E-state index contributed by atoms with van der Waals surface area (Å²) in [5.41, 5.74) is 3.88. The molecule has 0 atom stereocenters. The van der Waals surface area contributed by atoms with Crippen molar-refractivity contribution >= 4 is 10.9 Å². The van der Waals surface area contributed by atoms with E-state index in [1.165, 1.54) is 22.2 Å². The lowest BCUT2D eigenvalue weighted by molar-refractivity contribution is 0.286. The quantitative estimate of drug-likeness (QED) is 0.667. The Kier molecular flexibility index (Phi) is 4.18. The smallest absolute Gasteiger partial charge is 0.0458 e. The monoisotopic (exact) mass is 232 g/mol. The first-order chi connectivity index (χ1) is 8.33. The van der Waals surface area contributed by atoms with Crippen LogP contribution in [0.2, 0.25) is 0 Å². The third-order valence-electron chi connectivity index (χ3n) is 3.09. The van der Waals surface area contributed by atoms with E-state index in [9.17, 15) is 0 Å². The van der Waals surface area contributed by atoms with Gasteiger partial charge in [-0.15, -0.1) is 0 Å². The van der Waals surface area contributed by atoms with Crippen LogP contribution in [0.5, 0.6) is 0 Å². The molecule has 3 nitrogen and oxygen atoms in total. The summed E-state index contributed by atoms with van der Waals surface area (Å²) in [6.45, 7) is 4.24. The largest absolute Gasteiger partial charge is 0.396 e. The molecule has 0 aliphatic rings. The van der Waals surface area contributed by atoms with E-state index in [0.717, 1.165) is 25.9 Å². The van der Waals surface area contributed by atoms with Crippen LogP contribution in [-0.2, 0) is 6.42 Å². The maximum Gasteiger partial charge on any atom is 0.0458 e. The number of fused-ring (bicyclic) bond motifs is 1. The maximum atomic E-state index is 8.69. The van der Waals surface area contributed by atoms with Crippen LogP contribution < -0.4 is 5.32 Å². The number of benzene rings is 1. The number of nitrogens with one attached hydrogen (secondary N) is 2. The number of aryl methyl sites for hydroxylation is 1. The molecule has 3 N–H and O–H groups in total. The number of hydrogen-bond donors (Lipinski definition) is 3. The Morgan fingerprint density at radius 1 is 1.24 bits per heavy atom. The maximum absolute atomic E-state index is 8.69. The lowest BCUT2D eigenvalue weighted by Gasteiger charge is -2.04. The summed E-state index contributed by atoms with van der Waals surface area (Å²) in [4.78, 5) is 3.41. The van der Waals surface area contributed by atoms with Crippen LogP contribution in [0, 0.1) is 6.92 Å². The zero-order chi connectivity index (χ0) is 12.1. The predicted molar refractivity (Wildman–Crippen MR) is 71.3 cm³/mol. The molecule has 0 spiro atoms. The van der Waals surface area contributed by atoms with Crippen molar-refractivity contribution in [1.82, 2.24) is 10.3 Å². The highest BCUT2D eigenvalue weighted by Crippen LogP contribution is 2.21. The van der Waals surface area contributed by atoms with E-state index in [2.05, 4.69) is 41.5 Å². The topological polar surface area (TPSA) is 48.0 Å². The van der Waals surface area contributed by atoms with Crippen molar-refractivity contribution in [3.63, 3.8) is 0 Å². The highest BCUT2D eigenvalue weighted by molar-refractivity contribution is 5.84. The molecule has 0 bridgehead atoms. The molecule has 0 aliphatic carbocycles. The summed E-state index contributed by atoms with van der Waals surface area (Å²) >= 11 is 0. The number of aromatic nitrogens is 1. The average molecular weight is 232 g/mol. The van der Waals surface area contributed by atoms with Gasteiger partial charge < -0.3 is 15.4 Å². The third kappa shape index (κ3) is 2.87. The number of aliphatic hydroxyl groups is 1. The molecule has 2 aromatic rings. The molecule has 1 heterocycles. The fraction of sp³-hybridized carbons (Fsp3) is 0.429. The zero-order valence-electron chi connectivity index (χ0n) is 10.3. The highest BCUT2D eigenvalue weighted by atomic mass is 16.3. The van der Waals surface area contributed by atoms with Crippen molar-refractivity contribution in [2.45, 2.75) is 19.8 Å². The van der Waals surface area contributed by atoms with Gasteiger partial charge in [-0.3, -0.25) is 0 Å². The first kappa shape index (κ1) is 12.1. The number of aliphatic hydroxyl groups excluding tert-OH is 1. The van der Waals surface area contributed by atoms with Crippen molar-refractivity contribution < 1.29 is 5.11 Å². The number of rotatable bonds is 6. The summed E-state index contributed by atoms with van der Waals surface area (Å²) in [5, 5.41) is 13.4. The van der Waals surface area contributed by atoms with E-state index >= 15 is 0 Å². The molecule has 2 rings (SSSR count). The van der Waals surface area contributed by atoms with Gasteiger partial charge in [0, 0.05) is 23.2 Å². The Bertz CT molecular complexity index is 476. The van der Waals surface area contributed by atoms with Crippen LogP contribution >= 0.6 is 0 Å². The van der Waals surface area contributed by atoms with Gasteiger partial charge in [0.1, 0.15) is 0 Å². The van der Waals surface area contributed by atoms with Crippen LogP contribution in [0.15, 0.2) is 24.3 Å². The summed E-state index contributed by atoms with van der Waals surface area (Å²) in [5.74, 6) is 0. The molecule has 92 valence electrons. The lowest BCUT2D eigenvalue weighted by atomic mass is 10.1. The molecular weight excluding hydrogens is 212 g/mol. The number of aromatic amines is 1. The van der Waals surface area contributed by atoms with E-state index in [1.54, 1.807) is 0 Å². The lowest BCUT2D eigenvalue weighted by Crippen LogP contribution is -2.19. The summed E-state index contributed by atoms with van der Waals surface area (Å²) in [6.07, 6.45) is 1.86. The number of para-hydroxylation sites is 1. The van der Waals surface area contributed by atoms with Gasteiger partial charge in [-0.2, -0.15) is 0 Å². The second-order valence-electron chi connectivity index (χ2n) is 4.35. The van der Waals surface area contributed by atoms with E-state index in [0.29, 0.717) is 0 Å². The molecule has 1 aromatic heterocycles. The van der Waals surface area contributed by atoms with Crippen LogP contribution in [0.4, 0.5) is 0 Å². The fourth-order valence-electron chi connectivity index (χ4n) is 2.20. The van der Waals surface area contributed by atoms with E-state index < -0.39 is 0 Å². The van der Waals surface area contributed by atoms with Crippen molar-refractivity contribution in [3.8, 4) is 0 Å². The molecule has 0 radical (unpaired) electrons. The normalized spacial score (nSPS) is 11.2. The Balaban J connectivity index is 2.00. The van der Waals surface area contributed by atoms with Crippen LogP contribution in [0.3, 0.4) is 0 Å². The number of hydrogen-bond acceptors (Lipinski definition) is 2. The van der Waals surface area contributed by atoms with Gasteiger partial charge in [-0.25, -0.2) is 0 Å². The van der Waals surface area contributed by atoms with Gasteiger partial charge in [0.15, 0.2) is 0 Å². The van der Waals surface area contributed by atoms with Gasteiger partial charge in [0.05, 0.1) is 0 Å². The van der Waals surface area contributed by atoms with E-state index in [1.807, 2.05) is 0 Å². The second-order valence-corrected chi connectivity index (χ2v) is 4.35. The molecule has 0 fully saturated rings. The Hall–Kier alpha value is -1.32. The molecule has 1 aromatic carbocycles. The van der Waals surface area contributed by atoms with Crippen LogP contribution in [0.1, 0.15) is 17.7 Å². The standard InChI is InChI=1S/C14H20N2O/c1-11-12(7-9-15-8-4-10-17)13-5-2-3-6-14(13)16-11/h2-3,5-6,15-17H,4,7-10H2,1H3. The Morgan fingerprint density at radius 3 is 2.88 bits per heavy atom. The predicted octanol–water partition coefficient (Wildman–Crippen LogP) is 1.99.